The maximum absolute atomic E-state index is 13.8. The van der Waals surface area contributed by atoms with Crippen LogP contribution in [0.2, 0.25) is 0 Å². The summed E-state index contributed by atoms with van der Waals surface area (Å²) in [7, 11) is 0. The third-order valence-electron chi connectivity index (χ3n) is 2.85. The largest absolute Gasteiger partial charge is 0.378 e. The van der Waals surface area contributed by atoms with Gasteiger partial charge in [-0.1, -0.05) is 47.1 Å². The summed E-state index contributed by atoms with van der Waals surface area (Å²) in [6.07, 6.45) is 0.827. The zero-order valence-electron chi connectivity index (χ0n) is 10.2. The smallest absolute Gasteiger partial charge is 0.128 e. The summed E-state index contributed by atoms with van der Waals surface area (Å²) in [5.74, 6) is -0.160. The fourth-order valence-electron chi connectivity index (χ4n) is 1.94. The second-order valence-corrected chi connectivity index (χ2v) is 5.05. The lowest BCUT2D eigenvalue weighted by Crippen LogP contribution is -2.11. The second kappa shape index (κ2) is 6.01. The van der Waals surface area contributed by atoms with Gasteiger partial charge in [-0.25, -0.2) is 4.39 Å². The second-order valence-electron chi connectivity index (χ2n) is 4.14. The van der Waals surface area contributed by atoms with E-state index in [0.29, 0.717) is 5.56 Å². The van der Waals surface area contributed by atoms with Gasteiger partial charge in [0.15, 0.2) is 0 Å². The molecule has 2 rings (SSSR count). The zero-order valence-corrected chi connectivity index (χ0v) is 11.7. The zero-order chi connectivity index (χ0) is 13.0. The van der Waals surface area contributed by atoms with E-state index in [2.05, 4.69) is 21.2 Å². The highest BCUT2D eigenvalue weighted by atomic mass is 79.9. The number of halogens is 2. The first kappa shape index (κ1) is 13.1. The Balaban J connectivity index is 2.23. The molecule has 1 nitrogen and oxygen atoms in total. The molecule has 3 heteroatoms. The lowest BCUT2D eigenvalue weighted by Gasteiger charge is -2.19. The molecule has 0 amide bonds. The Morgan fingerprint density at radius 1 is 1.17 bits per heavy atom. The first-order valence-corrected chi connectivity index (χ1v) is 6.76. The van der Waals surface area contributed by atoms with Gasteiger partial charge in [-0.2, -0.15) is 0 Å². The fourth-order valence-corrected chi connectivity index (χ4v) is 2.34. The molecular formula is C15H15BrFN. The van der Waals surface area contributed by atoms with E-state index >= 15 is 0 Å². The van der Waals surface area contributed by atoms with Crippen LogP contribution in [0.5, 0.6) is 0 Å². The number of anilines is 1. The van der Waals surface area contributed by atoms with Gasteiger partial charge in [0, 0.05) is 15.7 Å². The highest BCUT2D eigenvalue weighted by molar-refractivity contribution is 9.10. The first-order valence-electron chi connectivity index (χ1n) is 5.97. The Morgan fingerprint density at radius 3 is 2.61 bits per heavy atom. The molecule has 1 unspecified atom stereocenters. The predicted molar refractivity (Wildman–Crippen MR) is 77.2 cm³/mol. The number of benzene rings is 2. The van der Waals surface area contributed by atoms with Gasteiger partial charge >= 0.3 is 0 Å². The molecule has 0 aliphatic heterocycles. The Morgan fingerprint density at radius 2 is 1.94 bits per heavy atom. The molecule has 0 aliphatic carbocycles. The Bertz CT molecular complexity index is 527. The van der Waals surface area contributed by atoms with E-state index in [9.17, 15) is 4.39 Å². The summed E-state index contributed by atoms with van der Waals surface area (Å²) in [5.41, 5.74) is 1.69. The number of hydrogen-bond donors (Lipinski definition) is 1. The average Bonchev–Trinajstić information content (AvgIpc) is 2.37. The molecule has 1 atom stereocenters. The fraction of sp³-hybridized carbons (Fsp3) is 0.200. The molecule has 0 heterocycles. The molecule has 0 fully saturated rings. The van der Waals surface area contributed by atoms with Crippen LogP contribution in [-0.2, 0) is 0 Å². The van der Waals surface area contributed by atoms with Crippen molar-refractivity contribution in [2.24, 2.45) is 0 Å². The lowest BCUT2D eigenvalue weighted by atomic mass is 10.0. The van der Waals surface area contributed by atoms with Crippen molar-refractivity contribution in [1.29, 1.82) is 0 Å². The van der Waals surface area contributed by atoms with Crippen LogP contribution < -0.4 is 5.32 Å². The van der Waals surface area contributed by atoms with Crippen molar-refractivity contribution in [3.05, 3.63) is 64.4 Å². The summed E-state index contributed by atoms with van der Waals surface area (Å²) in [6, 6.07) is 14.8. The maximum atomic E-state index is 13.8. The molecule has 0 spiro atoms. The van der Waals surface area contributed by atoms with E-state index in [1.165, 1.54) is 6.07 Å². The van der Waals surface area contributed by atoms with E-state index in [0.717, 1.165) is 16.6 Å². The molecule has 94 valence electrons. The Labute approximate surface area is 115 Å². The maximum Gasteiger partial charge on any atom is 0.128 e. The number of nitrogens with one attached hydrogen (secondary N) is 1. The van der Waals surface area contributed by atoms with Gasteiger partial charge in [-0.15, -0.1) is 0 Å². The monoisotopic (exact) mass is 307 g/mol. The third-order valence-corrected chi connectivity index (χ3v) is 3.35. The van der Waals surface area contributed by atoms with Crippen LogP contribution in [0, 0.1) is 5.82 Å². The molecule has 0 saturated heterocycles. The van der Waals surface area contributed by atoms with Crippen LogP contribution in [0.1, 0.15) is 24.9 Å². The van der Waals surface area contributed by atoms with Crippen LogP contribution >= 0.6 is 15.9 Å². The quantitative estimate of drug-likeness (QED) is 0.823. The molecule has 0 aliphatic rings. The van der Waals surface area contributed by atoms with E-state index in [4.69, 9.17) is 0 Å². The van der Waals surface area contributed by atoms with E-state index in [1.807, 2.05) is 43.3 Å². The van der Waals surface area contributed by atoms with Gasteiger partial charge in [-0.3, -0.25) is 0 Å². The third kappa shape index (κ3) is 3.10. The van der Waals surface area contributed by atoms with Crippen LogP contribution in [0.25, 0.3) is 0 Å². The van der Waals surface area contributed by atoms with Crippen molar-refractivity contribution in [2.45, 2.75) is 19.4 Å². The van der Waals surface area contributed by atoms with Crippen molar-refractivity contribution in [3.8, 4) is 0 Å². The van der Waals surface area contributed by atoms with Crippen LogP contribution in [0.3, 0.4) is 0 Å². The first-order chi connectivity index (χ1) is 8.70. The molecule has 1 N–H and O–H groups in total. The SMILES string of the molecule is CCC(Nc1cccc(Br)c1)c1ccccc1F. The molecule has 18 heavy (non-hydrogen) atoms. The van der Waals surface area contributed by atoms with Crippen LogP contribution in [0.15, 0.2) is 53.0 Å². The van der Waals surface area contributed by atoms with Crippen molar-refractivity contribution in [3.63, 3.8) is 0 Å². The predicted octanol–water partition coefficient (Wildman–Crippen LogP) is 5.15. The summed E-state index contributed by atoms with van der Waals surface area (Å²) in [6.45, 7) is 2.04. The summed E-state index contributed by atoms with van der Waals surface area (Å²) < 4.78 is 14.8. The van der Waals surface area contributed by atoms with Gasteiger partial charge < -0.3 is 5.32 Å². The van der Waals surface area contributed by atoms with Crippen molar-refractivity contribution in [2.75, 3.05) is 5.32 Å². The van der Waals surface area contributed by atoms with Gasteiger partial charge in [0.05, 0.1) is 6.04 Å². The highest BCUT2D eigenvalue weighted by Gasteiger charge is 2.13. The summed E-state index contributed by atoms with van der Waals surface area (Å²) >= 11 is 3.43. The number of hydrogen-bond acceptors (Lipinski definition) is 1. The van der Waals surface area contributed by atoms with Crippen molar-refractivity contribution < 1.29 is 4.39 Å². The Hall–Kier alpha value is -1.35. The van der Waals surface area contributed by atoms with E-state index in [1.54, 1.807) is 6.07 Å². The summed E-state index contributed by atoms with van der Waals surface area (Å²) in [5, 5.41) is 3.36. The minimum absolute atomic E-state index is 0.0134. The van der Waals surface area contributed by atoms with Crippen molar-refractivity contribution in [1.82, 2.24) is 0 Å². The molecule has 2 aromatic carbocycles. The van der Waals surface area contributed by atoms with Crippen LogP contribution in [0.4, 0.5) is 10.1 Å². The molecule has 2 aromatic rings. The topological polar surface area (TPSA) is 12.0 Å². The molecule has 0 saturated carbocycles. The normalized spacial score (nSPS) is 12.2. The van der Waals surface area contributed by atoms with Gasteiger partial charge in [-0.05, 0) is 30.7 Å². The number of rotatable bonds is 4. The van der Waals surface area contributed by atoms with Gasteiger partial charge in [0.2, 0.25) is 0 Å². The minimum Gasteiger partial charge on any atom is -0.378 e. The highest BCUT2D eigenvalue weighted by Crippen LogP contribution is 2.26. The Kier molecular flexibility index (Phi) is 4.37. The van der Waals surface area contributed by atoms with Gasteiger partial charge in [0.1, 0.15) is 5.82 Å². The standard InChI is InChI=1S/C15H15BrFN/c1-2-15(13-8-3-4-9-14(13)17)18-12-7-5-6-11(16)10-12/h3-10,15,18H,2H2,1H3. The molecule has 0 radical (unpaired) electrons. The molecule has 0 aromatic heterocycles. The molecule has 0 bridgehead atoms. The van der Waals surface area contributed by atoms with Crippen LogP contribution in [-0.4, -0.2) is 0 Å². The van der Waals surface area contributed by atoms with Crippen molar-refractivity contribution >= 4 is 21.6 Å². The molecular weight excluding hydrogens is 293 g/mol. The lowest BCUT2D eigenvalue weighted by molar-refractivity contribution is 0.587. The summed E-state index contributed by atoms with van der Waals surface area (Å²) in [4.78, 5) is 0. The van der Waals surface area contributed by atoms with E-state index in [-0.39, 0.29) is 11.9 Å². The van der Waals surface area contributed by atoms with E-state index < -0.39 is 0 Å². The minimum atomic E-state index is -0.160. The van der Waals surface area contributed by atoms with Gasteiger partial charge in [0.25, 0.3) is 0 Å². The average molecular weight is 308 g/mol.